The third kappa shape index (κ3) is 2.96. The summed E-state index contributed by atoms with van der Waals surface area (Å²) in [6, 6.07) is 3.10. The number of β-amino-alcohol motifs (C(OH)–C–C–N with tert-alkyl or cyclic N) is 1. The summed E-state index contributed by atoms with van der Waals surface area (Å²) in [7, 11) is 0. The van der Waals surface area contributed by atoms with E-state index in [0.29, 0.717) is 31.1 Å². The van der Waals surface area contributed by atoms with Crippen LogP contribution in [0.4, 0.5) is 5.69 Å². The average Bonchev–Trinajstić information content (AvgIpc) is 2.79. The minimum absolute atomic E-state index is 0.180. The zero-order chi connectivity index (χ0) is 13.0. The summed E-state index contributed by atoms with van der Waals surface area (Å²) in [6.07, 6.45) is 1.58. The molecule has 6 nitrogen and oxygen atoms in total. The lowest BCUT2D eigenvalue weighted by atomic mass is 10.2. The number of nitrogens with zero attached hydrogens (tertiary/aromatic N) is 1. The van der Waals surface area contributed by atoms with Gasteiger partial charge < -0.3 is 20.5 Å². The fourth-order valence-electron chi connectivity index (χ4n) is 1.87. The van der Waals surface area contributed by atoms with Crippen LogP contribution >= 0.6 is 0 Å². The second-order valence-electron chi connectivity index (χ2n) is 4.13. The molecule has 0 spiro atoms. The van der Waals surface area contributed by atoms with Gasteiger partial charge in [0.05, 0.1) is 18.8 Å². The minimum Gasteiger partial charge on any atom is -0.476 e. The van der Waals surface area contributed by atoms with Gasteiger partial charge in [-0.15, -0.1) is 0 Å². The standard InChI is InChI=1S/C12H17N3O3/c1-2-18-12-9(4-3-5-13-12)15-11(17)10-6-8(16)7-14-10/h3-5,8,10,14,16H,2,6-7H2,1H3,(H,15,17). The van der Waals surface area contributed by atoms with Gasteiger partial charge in [-0.1, -0.05) is 0 Å². The van der Waals surface area contributed by atoms with Crippen molar-refractivity contribution in [2.24, 2.45) is 0 Å². The predicted molar refractivity (Wildman–Crippen MR) is 66.5 cm³/mol. The van der Waals surface area contributed by atoms with Crippen LogP contribution in [0.15, 0.2) is 18.3 Å². The maximum Gasteiger partial charge on any atom is 0.241 e. The Kier molecular flexibility index (Phi) is 4.11. The lowest BCUT2D eigenvalue weighted by Crippen LogP contribution is -2.35. The van der Waals surface area contributed by atoms with Crippen LogP contribution < -0.4 is 15.4 Å². The van der Waals surface area contributed by atoms with E-state index in [1.54, 1.807) is 18.3 Å². The Labute approximate surface area is 105 Å². The number of hydrogen-bond acceptors (Lipinski definition) is 5. The first kappa shape index (κ1) is 12.8. The molecule has 98 valence electrons. The second-order valence-corrected chi connectivity index (χ2v) is 4.13. The highest BCUT2D eigenvalue weighted by molar-refractivity contribution is 5.96. The number of nitrogens with one attached hydrogen (secondary N) is 2. The van der Waals surface area contributed by atoms with Crippen LogP contribution in [0.2, 0.25) is 0 Å². The first-order chi connectivity index (χ1) is 8.70. The van der Waals surface area contributed by atoms with Crippen LogP contribution in [0, 0.1) is 0 Å². The van der Waals surface area contributed by atoms with E-state index in [9.17, 15) is 9.90 Å². The SMILES string of the molecule is CCOc1ncccc1NC(=O)C1CC(O)CN1. The van der Waals surface area contributed by atoms with E-state index in [1.165, 1.54) is 0 Å². The van der Waals surface area contributed by atoms with Crippen molar-refractivity contribution in [2.75, 3.05) is 18.5 Å². The molecule has 0 aromatic carbocycles. The van der Waals surface area contributed by atoms with E-state index in [0.717, 1.165) is 0 Å². The van der Waals surface area contributed by atoms with Gasteiger partial charge in [-0.25, -0.2) is 4.98 Å². The van der Waals surface area contributed by atoms with Gasteiger partial charge in [-0.3, -0.25) is 4.79 Å². The first-order valence-electron chi connectivity index (χ1n) is 6.01. The van der Waals surface area contributed by atoms with Crippen molar-refractivity contribution >= 4 is 11.6 Å². The molecular formula is C12H17N3O3. The fourth-order valence-corrected chi connectivity index (χ4v) is 1.87. The zero-order valence-corrected chi connectivity index (χ0v) is 10.2. The molecule has 1 aliphatic heterocycles. The van der Waals surface area contributed by atoms with Gasteiger partial charge in [0.2, 0.25) is 11.8 Å². The molecule has 0 bridgehead atoms. The second kappa shape index (κ2) is 5.79. The molecule has 0 saturated carbocycles. The number of aliphatic hydroxyl groups is 1. The van der Waals surface area contributed by atoms with E-state index in [4.69, 9.17) is 4.74 Å². The van der Waals surface area contributed by atoms with Crippen molar-refractivity contribution in [3.63, 3.8) is 0 Å². The highest BCUT2D eigenvalue weighted by Crippen LogP contribution is 2.21. The van der Waals surface area contributed by atoms with Crippen molar-refractivity contribution in [1.82, 2.24) is 10.3 Å². The van der Waals surface area contributed by atoms with E-state index >= 15 is 0 Å². The van der Waals surface area contributed by atoms with Gasteiger partial charge in [-0.2, -0.15) is 0 Å². The summed E-state index contributed by atoms with van der Waals surface area (Å²) in [4.78, 5) is 16.0. The molecule has 1 amide bonds. The maximum absolute atomic E-state index is 11.9. The molecule has 0 aliphatic carbocycles. The largest absolute Gasteiger partial charge is 0.476 e. The quantitative estimate of drug-likeness (QED) is 0.709. The van der Waals surface area contributed by atoms with Gasteiger partial charge in [0, 0.05) is 12.7 Å². The topological polar surface area (TPSA) is 83.5 Å². The molecule has 2 atom stereocenters. The molecule has 18 heavy (non-hydrogen) atoms. The third-order valence-corrected chi connectivity index (χ3v) is 2.73. The fraction of sp³-hybridized carbons (Fsp3) is 0.500. The zero-order valence-electron chi connectivity index (χ0n) is 10.2. The number of rotatable bonds is 4. The van der Waals surface area contributed by atoms with Crippen LogP contribution in [-0.2, 0) is 4.79 Å². The van der Waals surface area contributed by atoms with E-state index in [-0.39, 0.29) is 11.9 Å². The van der Waals surface area contributed by atoms with E-state index in [1.807, 2.05) is 6.92 Å². The summed E-state index contributed by atoms with van der Waals surface area (Å²) >= 11 is 0. The summed E-state index contributed by atoms with van der Waals surface area (Å²) < 4.78 is 5.33. The monoisotopic (exact) mass is 251 g/mol. The molecule has 0 radical (unpaired) electrons. The van der Waals surface area contributed by atoms with Crippen molar-refractivity contribution in [1.29, 1.82) is 0 Å². The minimum atomic E-state index is -0.457. The van der Waals surface area contributed by atoms with Crippen molar-refractivity contribution in [2.45, 2.75) is 25.5 Å². The molecule has 1 aromatic heterocycles. The number of amides is 1. The number of pyridine rings is 1. The first-order valence-corrected chi connectivity index (χ1v) is 6.01. The number of carbonyl (C=O) groups excluding carboxylic acids is 1. The highest BCUT2D eigenvalue weighted by atomic mass is 16.5. The Bertz CT molecular complexity index is 425. The Morgan fingerprint density at radius 1 is 1.72 bits per heavy atom. The third-order valence-electron chi connectivity index (χ3n) is 2.73. The lowest BCUT2D eigenvalue weighted by molar-refractivity contribution is -0.117. The van der Waals surface area contributed by atoms with Crippen molar-refractivity contribution in [3.05, 3.63) is 18.3 Å². The number of hydrogen-bond donors (Lipinski definition) is 3. The van der Waals surface area contributed by atoms with Crippen LogP contribution in [0.5, 0.6) is 5.88 Å². The van der Waals surface area contributed by atoms with Gasteiger partial charge >= 0.3 is 0 Å². The van der Waals surface area contributed by atoms with Crippen LogP contribution in [0.1, 0.15) is 13.3 Å². The number of aliphatic hydroxyl groups excluding tert-OH is 1. The normalized spacial score (nSPS) is 22.8. The van der Waals surface area contributed by atoms with Gasteiger partial charge in [-0.05, 0) is 25.5 Å². The Hall–Kier alpha value is -1.66. The Morgan fingerprint density at radius 2 is 2.56 bits per heavy atom. The highest BCUT2D eigenvalue weighted by Gasteiger charge is 2.28. The smallest absolute Gasteiger partial charge is 0.241 e. The van der Waals surface area contributed by atoms with Crippen molar-refractivity contribution in [3.8, 4) is 5.88 Å². The van der Waals surface area contributed by atoms with Crippen LogP contribution in [-0.4, -0.2) is 41.3 Å². The van der Waals surface area contributed by atoms with E-state index in [2.05, 4.69) is 15.6 Å². The molecular weight excluding hydrogens is 234 g/mol. The number of anilines is 1. The molecule has 2 rings (SSSR count). The number of ether oxygens (including phenoxy) is 1. The van der Waals surface area contributed by atoms with Crippen LogP contribution in [0.25, 0.3) is 0 Å². The molecule has 2 unspecified atom stereocenters. The molecule has 6 heteroatoms. The van der Waals surface area contributed by atoms with Gasteiger partial charge in [0.1, 0.15) is 5.69 Å². The molecule has 3 N–H and O–H groups in total. The summed E-state index contributed by atoms with van der Waals surface area (Å²) in [5.74, 6) is 0.229. The molecule has 1 fully saturated rings. The summed E-state index contributed by atoms with van der Waals surface area (Å²) in [6.45, 7) is 2.79. The summed E-state index contributed by atoms with van der Waals surface area (Å²) in [5.41, 5.74) is 0.549. The van der Waals surface area contributed by atoms with E-state index < -0.39 is 6.10 Å². The van der Waals surface area contributed by atoms with Gasteiger partial charge in [0.15, 0.2) is 0 Å². The predicted octanol–water partition coefficient (Wildman–Crippen LogP) is 0.142. The molecule has 2 heterocycles. The van der Waals surface area contributed by atoms with Gasteiger partial charge in [0.25, 0.3) is 0 Å². The molecule has 1 aliphatic rings. The number of carbonyl (C=O) groups is 1. The molecule has 1 saturated heterocycles. The summed E-state index contributed by atoms with van der Waals surface area (Å²) in [5, 5.41) is 15.1. The maximum atomic E-state index is 11.9. The Balaban J connectivity index is 2.02. The van der Waals surface area contributed by atoms with Crippen LogP contribution in [0.3, 0.4) is 0 Å². The lowest BCUT2D eigenvalue weighted by Gasteiger charge is -2.13. The van der Waals surface area contributed by atoms with Crippen molar-refractivity contribution < 1.29 is 14.6 Å². The number of aromatic nitrogens is 1. The molecule has 1 aromatic rings. The Morgan fingerprint density at radius 3 is 3.22 bits per heavy atom. The average molecular weight is 251 g/mol.